The minimum atomic E-state index is 0.386. The van der Waals surface area contributed by atoms with E-state index >= 15 is 0 Å². The molecule has 0 saturated heterocycles. The van der Waals surface area contributed by atoms with E-state index in [2.05, 4.69) is 10.3 Å². The lowest BCUT2D eigenvalue weighted by Gasteiger charge is -2.08. The summed E-state index contributed by atoms with van der Waals surface area (Å²) < 4.78 is 39.4. The Kier molecular flexibility index (Phi) is 20.6. The first-order chi connectivity index (χ1) is 15.9. The Labute approximate surface area is 189 Å². The minimum absolute atomic E-state index is 0.386. The fourth-order valence-electron chi connectivity index (χ4n) is 2.24. The summed E-state index contributed by atoms with van der Waals surface area (Å²) in [5, 5.41) is 16.2. The van der Waals surface area contributed by atoms with E-state index in [-0.39, 0.29) is 0 Å². The van der Waals surface area contributed by atoms with Gasteiger partial charge in [0.1, 0.15) is 0 Å². The van der Waals surface area contributed by atoms with Crippen molar-refractivity contribution in [3.05, 3.63) is 11.9 Å². The second-order valence-corrected chi connectivity index (χ2v) is 6.37. The predicted octanol–water partition coefficient (Wildman–Crippen LogP) is -1.17. The van der Waals surface area contributed by atoms with Crippen LogP contribution in [0.2, 0.25) is 0 Å². The van der Waals surface area contributed by atoms with Crippen LogP contribution in [0, 0.1) is 0 Å². The molecule has 0 bridgehead atoms. The first-order valence-electron chi connectivity index (χ1n) is 10.9. The van der Waals surface area contributed by atoms with Gasteiger partial charge in [0, 0.05) is 19.3 Å². The molecular formula is C19H39N5O8. The summed E-state index contributed by atoms with van der Waals surface area (Å²) in [6.07, 6.45) is 1.81. The molecule has 1 aromatic rings. The van der Waals surface area contributed by atoms with Crippen LogP contribution in [0.1, 0.15) is 5.69 Å². The summed E-state index contributed by atoms with van der Waals surface area (Å²) in [6.45, 7) is 8.52. The summed E-state index contributed by atoms with van der Waals surface area (Å²) in [5.74, 6) is 0. The zero-order chi connectivity index (χ0) is 23.0. The number of hydrogen-bond donors (Lipinski definition) is 3. The van der Waals surface area contributed by atoms with E-state index < -0.39 is 0 Å². The highest BCUT2D eigenvalue weighted by Crippen LogP contribution is 1.91. The molecule has 0 spiro atoms. The summed E-state index contributed by atoms with van der Waals surface area (Å²) in [7, 11) is 0. The maximum absolute atomic E-state index is 8.35. The molecule has 0 aliphatic heterocycles. The fourth-order valence-corrected chi connectivity index (χ4v) is 2.24. The number of nitrogens with two attached hydrogens (primary N) is 1. The van der Waals surface area contributed by atoms with E-state index in [0.29, 0.717) is 112 Å². The van der Waals surface area contributed by atoms with Crippen LogP contribution in [0.15, 0.2) is 6.20 Å². The Morgan fingerprint density at radius 2 is 1.09 bits per heavy atom. The highest BCUT2D eigenvalue weighted by atomic mass is 16.6. The van der Waals surface area contributed by atoms with Gasteiger partial charge in [-0.25, -0.2) is 10.2 Å². The predicted molar refractivity (Wildman–Crippen MR) is 113 cm³/mol. The van der Waals surface area contributed by atoms with Crippen molar-refractivity contribution in [1.82, 2.24) is 20.5 Å². The van der Waals surface area contributed by atoms with Crippen molar-refractivity contribution in [3.63, 3.8) is 0 Å². The second kappa shape index (κ2) is 22.9. The molecule has 4 N–H and O–H groups in total. The van der Waals surface area contributed by atoms with Crippen molar-refractivity contribution in [2.75, 3.05) is 99.0 Å². The zero-order valence-corrected chi connectivity index (χ0v) is 18.8. The monoisotopic (exact) mass is 465 g/mol. The van der Waals surface area contributed by atoms with Crippen LogP contribution in [-0.2, 0) is 46.2 Å². The Morgan fingerprint density at radius 1 is 0.688 bits per heavy atom. The van der Waals surface area contributed by atoms with Crippen molar-refractivity contribution in [3.8, 4) is 0 Å². The Morgan fingerprint density at radius 3 is 1.47 bits per heavy atom. The largest absolute Gasteiger partial charge is 0.378 e. The highest BCUT2D eigenvalue weighted by molar-refractivity contribution is 4.90. The van der Waals surface area contributed by atoms with Crippen LogP contribution in [0.3, 0.4) is 0 Å². The second-order valence-electron chi connectivity index (χ2n) is 6.37. The van der Waals surface area contributed by atoms with Crippen LogP contribution in [0.5, 0.6) is 0 Å². The molecule has 13 nitrogen and oxygen atoms in total. The number of ether oxygens (including phenoxy) is 7. The molecule has 13 heteroatoms. The SMILES string of the molecule is NCc1cn(CCOCCOCCOCCOCCOCCOCCOCCNO)nn1. The zero-order valence-electron chi connectivity index (χ0n) is 18.8. The number of hydroxylamine groups is 1. The molecular weight excluding hydrogens is 426 g/mol. The van der Waals surface area contributed by atoms with Crippen molar-refractivity contribution >= 4 is 0 Å². The van der Waals surface area contributed by atoms with E-state index in [4.69, 9.17) is 44.1 Å². The Hall–Kier alpha value is -1.26. The van der Waals surface area contributed by atoms with Crippen molar-refractivity contribution in [2.45, 2.75) is 13.1 Å². The smallest absolute Gasteiger partial charge is 0.0962 e. The van der Waals surface area contributed by atoms with Gasteiger partial charge in [0.2, 0.25) is 0 Å². The molecule has 32 heavy (non-hydrogen) atoms. The molecule has 0 aliphatic rings. The first kappa shape index (κ1) is 28.8. The van der Waals surface area contributed by atoms with Gasteiger partial charge in [-0.3, -0.25) is 0 Å². The van der Waals surface area contributed by atoms with E-state index in [1.54, 1.807) is 4.68 Å². The first-order valence-corrected chi connectivity index (χ1v) is 10.9. The quantitative estimate of drug-likeness (QED) is 0.118. The van der Waals surface area contributed by atoms with E-state index in [9.17, 15) is 0 Å². The number of rotatable bonds is 25. The van der Waals surface area contributed by atoms with Crippen LogP contribution in [0.4, 0.5) is 0 Å². The summed E-state index contributed by atoms with van der Waals surface area (Å²) in [5.41, 5.74) is 8.26. The maximum Gasteiger partial charge on any atom is 0.0962 e. The molecule has 0 fully saturated rings. The average molecular weight is 466 g/mol. The van der Waals surface area contributed by atoms with E-state index in [0.717, 1.165) is 5.69 Å². The molecule has 1 aromatic heterocycles. The van der Waals surface area contributed by atoms with Gasteiger partial charge in [-0.2, -0.15) is 0 Å². The number of hydrogen-bond acceptors (Lipinski definition) is 12. The van der Waals surface area contributed by atoms with Gasteiger partial charge in [0.25, 0.3) is 0 Å². The van der Waals surface area contributed by atoms with Crippen molar-refractivity contribution < 1.29 is 38.4 Å². The lowest BCUT2D eigenvalue weighted by Crippen LogP contribution is -2.17. The van der Waals surface area contributed by atoms with Crippen molar-refractivity contribution in [1.29, 1.82) is 0 Å². The molecule has 0 atom stereocenters. The summed E-state index contributed by atoms with van der Waals surface area (Å²) >= 11 is 0. The van der Waals surface area contributed by atoms with Gasteiger partial charge >= 0.3 is 0 Å². The van der Waals surface area contributed by atoms with Crippen LogP contribution >= 0.6 is 0 Å². The van der Waals surface area contributed by atoms with Crippen molar-refractivity contribution in [2.24, 2.45) is 5.73 Å². The third-order valence-corrected chi connectivity index (χ3v) is 3.85. The van der Waals surface area contributed by atoms with Gasteiger partial charge in [-0.15, -0.1) is 5.10 Å². The number of nitrogens with one attached hydrogen (secondary N) is 1. The van der Waals surface area contributed by atoms with Gasteiger partial charge in [-0.1, -0.05) is 5.21 Å². The Balaban J connectivity index is 1.67. The van der Waals surface area contributed by atoms with Crippen LogP contribution in [-0.4, -0.2) is 119 Å². The molecule has 1 heterocycles. The molecule has 0 radical (unpaired) electrons. The van der Waals surface area contributed by atoms with E-state index in [1.807, 2.05) is 11.7 Å². The standard InChI is InChI=1S/C19H39N5O8/c20-17-19-18-24(23-22-19)2-4-27-6-8-29-10-12-31-14-16-32-15-13-30-11-9-28-7-5-26-3-1-21-25/h18,21,25H,1-17,20H2. The lowest BCUT2D eigenvalue weighted by atomic mass is 10.5. The number of nitrogens with zero attached hydrogens (tertiary/aromatic N) is 3. The van der Waals surface area contributed by atoms with Crippen LogP contribution in [0.25, 0.3) is 0 Å². The Bertz CT molecular complexity index is 512. The molecule has 0 aliphatic carbocycles. The average Bonchev–Trinajstić information content (AvgIpc) is 3.27. The van der Waals surface area contributed by atoms with Gasteiger partial charge in [0.05, 0.1) is 105 Å². The summed E-state index contributed by atoms with van der Waals surface area (Å²) in [4.78, 5) is 0. The molecule has 0 saturated carbocycles. The third-order valence-electron chi connectivity index (χ3n) is 3.85. The van der Waals surface area contributed by atoms with E-state index in [1.165, 1.54) is 0 Å². The summed E-state index contributed by atoms with van der Waals surface area (Å²) in [6, 6.07) is 0. The lowest BCUT2D eigenvalue weighted by molar-refractivity contribution is -0.0212. The fraction of sp³-hybridized carbons (Fsp3) is 0.895. The highest BCUT2D eigenvalue weighted by Gasteiger charge is 1.98. The number of aromatic nitrogens is 3. The van der Waals surface area contributed by atoms with Gasteiger partial charge in [-0.05, 0) is 0 Å². The minimum Gasteiger partial charge on any atom is -0.378 e. The molecule has 0 amide bonds. The molecule has 188 valence electrons. The molecule has 1 rings (SSSR count). The topological polar surface area (TPSA) is 154 Å². The molecule has 0 unspecified atom stereocenters. The molecule has 0 aromatic carbocycles. The third kappa shape index (κ3) is 18.3. The van der Waals surface area contributed by atoms with Crippen LogP contribution < -0.4 is 11.2 Å². The van der Waals surface area contributed by atoms with Gasteiger partial charge in [0.15, 0.2) is 0 Å². The van der Waals surface area contributed by atoms with Gasteiger partial charge < -0.3 is 44.1 Å². The maximum atomic E-state index is 8.35. The normalized spacial score (nSPS) is 11.4.